The highest BCUT2D eigenvalue weighted by atomic mass is 35.5. The third-order valence-corrected chi connectivity index (χ3v) is 2.79. The second kappa shape index (κ2) is 4.94. The molecule has 0 aliphatic carbocycles. The molecule has 2 aliphatic heterocycles. The minimum Gasteiger partial charge on any atom is -0.341 e. The molecule has 0 spiro atoms. The van der Waals surface area contributed by atoms with Gasteiger partial charge in [-0.3, -0.25) is 4.79 Å². The Morgan fingerprint density at radius 3 is 2.50 bits per heavy atom. The summed E-state index contributed by atoms with van der Waals surface area (Å²) < 4.78 is 12.8. The largest absolute Gasteiger partial charge is 0.341 e. The molecule has 0 aromatic carbocycles. The molecule has 0 saturated carbocycles. The molecule has 0 aromatic rings. The van der Waals surface area contributed by atoms with Gasteiger partial charge in [-0.25, -0.2) is 4.39 Å². The molecule has 0 radical (unpaired) electrons. The van der Waals surface area contributed by atoms with E-state index in [9.17, 15) is 9.18 Å². The lowest BCUT2D eigenvalue weighted by Crippen LogP contribution is -2.42. The maximum atomic E-state index is 12.8. The molecular formula is C9H16ClFN2O. The summed E-state index contributed by atoms with van der Waals surface area (Å²) in [5.41, 5.74) is 0. The number of carbonyl (C=O) groups excluding carboxylic acids is 1. The molecule has 0 aromatic heterocycles. The quantitative estimate of drug-likeness (QED) is 0.710. The first-order valence-electron chi connectivity index (χ1n) is 4.93. The predicted molar refractivity (Wildman–Crippen MR) is 54.4 cm³/mol. The summed E-state index contributed by atoms with van der Waals surface area (Å²) >= 11 is 0. The van der Waals surface area contributed by atoms with Crippen molar-refractivity contribution in [1.82, 2.24) is 10.2 Å². The minimum atomic E-state index is -0.837. The van der Waals surface area contributed by atoms with Crippen molar-refractivity contribution >= 4 is 18.3 Å². The fourth-order valence-electron chi connectivity index (χ4n) is 2.04. The summed E-state index contributed by atoms with van der Waals surface area (Å²) in [5, 5.41) is 2.92. The summed E-state index contributed by atoms with van der Waals surface area (Å²) in [6.45, 7) is 2.05. The van der Waals surface area contributed by atoms with Crippen molar-refractivity contribution < 1.29 is 9.18 Å². The van der Waals surface area contributed by atoms with Gasteiger partial charge >= 0.3 is 0 Å². The second-order valence-corrected chi connectivity index (χ2v) is 3.83. The Morgan fingerprint density at radius 2 is 2.00 bits per heavy atom. The molecule has 2 rings (SSSR count). The number of likely N-dealkylation sites (tertiary alicyclic amines) is 1. The summed E-state index contributed by atoms with van der Waals surface area (Å²) in [7, 11) is 0. The maximum Gasteiger partial charge on any atom is 0.239 e. The van der Waals surface area contributed by atoms with E-state index in [-0.39, 0.29) is 24.4 Å². The van der Waals surface area contributed by atoms with E-state index in [1.807, 2.05) is 4.90 Å². The van der Waals surface area contributed by atoms with Gasteiger partial charge in [-0.1, -0.05) is 0 Å². The molecule has 2 heterocycles. The molecule has 14 heavy (non-hydrogen) atoms. The minimum absolute atomic E-state index is 0. The van der Waals surface area contributed by atoms with Crippen molar-refractivity contribution in [3.63, 3.8) is 0 Å². The zero-order chi connectivity index (χ0) is 9.26. The van der Waals surface area contributed by atoms with Crippen LogP contribution in [0.1, 0.15) is 19.3 Å². The van der Waals surface area contributed by atoms with E-state index in [0.717, 1.165) is 25.9 Å². The van der Waals surface area contributed by atoms with Gasteiger partial charge in [-0.05, 0) is 12.8 Å². The van der Waals surface area contributed by atoms with E-state index in [2.05, 4.69) is 5.32 Å². The van der Waals surface area contributed by atoms with Gasteiger partial charge in [0.25, 0.3) is 0 Å². The Hall–Kier alpha value is -0.350. The number of halogens is 2. The van der Waals surface area contributed by atoms with Crippen LogP contribution < -0.4 is 5.32 Å². The van der Waals surface area contributed by atoms with Gasteiger partial charge in [0.2, 0.25) is 5.91 Å². The molecular weight excluding hydrogens is 207 g/mol. The summed E-state index contributed by atoms with van der Waals surface area (Å²) in [6.07, 6.45) is 1.71. The van der Waals surface area contributed by atoms with Crippen molar-refractivity contribution in [2.75, 3.05) is 19.6 Å². The van der Waals surface area contributed by atoms with Gasteiger partial charge in [-0.2, -0.15) is 0 Å². The molecule has 82 valence electrons. The van der Waals surface area contributed by atoms with E-state index in [0.29, 0.717) is 13.0 Å². The summed E-state index contributed by atoms with van der Waals surface area (Å²) in [6, 6.07) is -0.256. The topological polar surface area (TPSA) is 32.3 Å². The Balaban J connectivity index is 0.000000980. The molecule has 1 N–H and O–H groups in total. The van der Waals surface area contributed by atoms with E-state index < -0.39 is 6.17 Å². The third kappa shape index (κ3) is 2.36. The third-order valence-electron chi connectivity index (χ3n) is 2.79. The Morgan fingerprint density at radius 1 is 1.36 bits per heavy atom. The lowest BCUT2D eigenvalue weighted by molar-refractivity contribution is -0.132. The second-order valence-electron chi connectivity index (χ2n) is 3.83. The number of hydrogen-bond acceptors (Lipinski definition) is 2. The lowest BCUT2D eigenvalue weighted by atomic mass is 10.2. The highest BCUT2D eigenvalue weighted by molar-refractivity contribution is 5.85. The average molecular weight is 223 g/mol. The number of nitrogens with one attached hydrogen (secondary N) is 1. The molecule has 0 unspecified atom stereocenters. The van der Waals surface area contributed by atoms with Crippen LogP contribution in [0.2, 0.25) is 0 Å². The Bertz CT molecular complexity index is 209. The van der Waals surface area contributed by atoms with Gasteiger partial charge < -0.3 is 10.2 Å². The van der Waals surface area contributed by atoms with Crippen molar-refractivity contribution in [1.29, 1.82) is 0 Å². The summed E-state index contributed by atoms with van der Waals surface area (Å²) in [4.78, 5) is 13.5. The van der Waals surface area contributed by atoms with Crippen LogP contribution in [0.15, 0.2) is 0 Å². The van der Waals surface area contributed by atoms with Crippen LogP contribution in [0.4, 0.5) is 4.39 Å². The van der Waals surface area contributed by atoms with Gasteiger partial charge in [0.15, 0.2) is 0 Å². The monoisotopic (exact) mass is 222 g/mol. The van der Waals surface area contributed by atoms with Crippen LogP contribution in [0.3, 0.4) is 0 Å². The first kappa shape index (κ1) is 11.7. The smallest absolute Gasteiger partial charge is 0.239 e. The first-order chi connectivity index (χ1) is 6.27. The van der Waals surface area contributed by atoms with E-state index in [1.54, 1.807) is 0 Å². The molecule has 2 fully saturated rings. The SMILES string of the molecule is Cl.O=C([C@H]1C[C@H](F)CN1)N1CCCC1. The first-order valence-corrected chi connectivity index (χ1v) is 4.93. The molecule has 2 saturated heterocycles. The number of rotatable bonds is 1. The number of hydrogen-bond donors (Lipinski definition) is 1. The zero-order valence-electron chi connectivity index (χ0n) is 8.04. The Labute approximate surface area is 89.4 Å². The molecule has 1 amide bonds. The number of nitrogens with zero attached hydrogens (tertiary/aromatic N) is 1. The van der Waals surface area contributed by atoms with Crippen LogP contribution in [0.25, 0.3) is 0 Å². The van der Waals surface area contributed by atoms with Crippen molar-refractivity contribution in [3.05, 3.63) is 0 Å². The van der Waals surface area contributed by atoms with Crippen LogP contribution in [-0.2, 0) is 4.79 Å². The van der Waals surface area contributed by atoms with Gasteiger partial charge in [0, 0.05) is 26.1 Å². The fourth-order valence-corrected chi connectivity index (χ4v) is 2.04. The average Bonchev–Trinajstić information content (AvgIpc) is 2.72. The molecule has 5 heteroatoms. The normalized spacial score (nSPS) is 31.6. The molecule has 3 nitrogen and oxygen atoms in total. The van der Waals surface area contributed by atoms with Crippen LogP contribution in [0, 0.1) is 0 Å². The number of carbonyl (C=O) groups is 1. The Kier molecular flexibility index (Phi) is 4.13. The van der Waals surface area contributed by atoms with E-state index >= 15 is 0 Å². The zero-order valence-corrected chi connectivity index (χ0v) is 8.86. The van der Waals surface area contributed by atoms with E-state index in [1.165, 1.54) is 0 Å². The highest BCUT2D eigenvalue weighted by Gasteiger charge is 2.32. The highest BCUT2D eigenvalue weighted by Crippen LogP contribution is 2.15. The predicted octanol–water partition coefficient (Wildman–Crippen LogP) is 0.731. The number of amides is 1. The van der Waals surface area contributed by atoms with Crippen LogP contribution in [0.5, 0.6) is 0 Å². The standard InChI is InChI=1S/C9H15FN2O.ClH/c10-7-5-8(11-6-7)9(13)12-3-1-2-4-12;/h7-8,11H,1-6H2;1H/t7-,8+;/m0./s1. The van der Waals surface area contributed by atoms with Gasteiger partial charge in [-0.15, -0.1) is 12.4 Å². The summed E-state index contributed by atoms with van der Waals surface area (Å²) in [5.74, 6) is 0.0950. The van der Waals surface area contributed by atoms with Crippen LogP contribution >= 0.6 is 12.4 Å². The molecule has 0 bridgehead atoms. The lowest BCUT2D eigenvalue weighted by Gasteiger charge is -2.19. The molecule has 2 aliphatic rings. The molecule has 2 atom stereocenters. The van der Waals surface area contributed by atoms with Crippen molar-refractivity contribution in [2.24, 2.45) is 0 Å². The van der Waals surface area contributed by atoms with Crippen LogP contribution in [-0.4, -0.2) is 42.7 Å². The fraction of sp³-hybridized carbons (Fsp3) is 0.889. The van der Waals surface area contributed by atoms with Gasteiger partial charge in [0.1, 0.15) is 6.17 Å². The number of alkyl halides is 1. The van der Waals surface area contributed by atoms with E-state index in [4.69, 9.17) is 0 Å². The van der Waals surface area contributed by atoms with Crippen molar-refractivity contribution in [2.45, 2.75) is 31.5 Å². The van der Waals surface area contributed by atoms with Gasteiger partial charge in [0.05, 0.1) is 6.04 Å². The maximum absolute atomic E-state index is 12.8. The van der Waals surface area contributed by atoms with Crippen molar-refractivity contribution in [3.8, 4) is 0 Å².